The third-order valence-corrected chi connectivity index (χ3v) is 6.72. The first kappa shape index (κ1) is 25.8. The van der Waals surface area contributed by atoms with E-state index in [1.807, 2.05) is 0 Å². The molecule has 0 fully saturated rings. The van der Waals surface area contributed by atoms with E-state index in [9.17, 15) is 36.8 Å². The first-order chi connectivity index (χ1) is 17.6. The molecule has 0 amide bonds. The maximum absolute atomic E-state index is 14.4. The summed E-state index contributed by atoms with van der Waals surface area (Å²) < 4.78 is 75.0. The zero-order valence-corrected chi connectivity index (χ0v) is 19.7. The van der Waals surface area contributed by atoms with Crippen molar-refractivity contribution in [3.8, 4) is 32.8 Å². The minimum Gasteiger partial charge on any atom is -0.496 e. The van der Waals surface area contributed by atoms with Crippen LogP contribution in [0, 0.1) is 23.0 Å². The fourth-order valence-corrected chi connectivity index (χ4v) is 4.80. The Morgan fingerprint density at radius 3 is 2.41 bits per heavy atom. The fourth-order valence-electron chi connectivity index (χ4n) is 3.77. The summed E-state index contributed by atoms with van der Waals surface area (Å²) in [5.74, 6) is -1.52. The molecule has 2 heterocycles. The van der Waals surface area contributed by atoms with E-state index in [2.05, 4.69) is 0 Å². The van der Waals surface area contributed by atoms with Crippen LogP contribution < -0.4 is 10.3 Å². The van der Waals surface area contributed by atoms with Gasteiger partial charge in [-0.2, -0.15) is 18.4 Å². The number of aromatic nitrogens is 1. The monoisotopic (exact) mass is 530 g/mol. The van der Waals surface area contributed by atoms with Gasteiger partial charge in [-0.25, -0.2) is 8.78 Å². The zero-order valence-electron chi connectivity index (χ0n) is 18.9. The molecule has 2 aromatic carbocycles. The van der Waals surface area contributed by atoms with Gasteiger partial charge >= 0.3 is 6.18 Å². The Morgan fingerprint density at radius 1 is 1.05 bits per heavy atom. The van der Waals surface area contributed by atoms with Crippen molar-refractivity contribution in [2.75, 3.05) is 7.11 Å². The SMILES string of the molecule is COc1ccc(-c2ccc(-c3cc(C(F)(F)F)c(C#N)c(=O)n3Cc3ccc(F)cc3F)s2)cc1C=O. The molecule has 37 heavy (non-hydrogen) atoms. The third-order valence-electron chi connectivity index (χ3n) is 5.56. The Balaban J connectivity index is 1.92. The molecule has 0 aliphatic heterocycles. The summed E-state index contributed by atoms with van der Waals surface area (Å²) in [5, 5.41) is 9.33. The Hall–Kier alpha value is -4.30. The van der Waals surface area contributed by atoms with Gasteiger partial charge in [0.2, 0.25) is 0 Å². The van der Waals surface area contributed by atoms with Gasteiger partial charge in [0, 0.05) is 16.5 Å². The lowest BCUT2D eigenvalue weighted by atomic mass is 10.1. The van der Waals surface area contributed by atoms with Gasteiger partial charge in [-0.05, 0) is 48.0 Å². The minimum absolute atomic E-state index is 0.157. The number of nitrogens with zero attached hydrogens (tertiary/aromatic N) is 2. The second-order valence-corrected chi connectivity index (χ2v) is 8.88. The number of aldehydes is 1. The molecule has 4 rings (SSSR count). The highest BCUT2D eigenvalue weighted by atomic mass is 32.1. The lowest BCUT2D eigenvalue weighted by Crippen LogP contribution is -2.28. The molecule has 2 aromatic heterocycles. The largest absolute Gasteiger partial charge is 0.496 e. The van der Waals surface area contributed by atoms with Crippen LogP contribution >= 0.6 is 11.3 Å². The van der Waals surface area contributed by atoms with Crippen molar-refractivity contribution < 1.29 is 31.5 Å². The summed E-state index contributed by atoms with van der Waals surface area (Å²) in [5.41, 5.74) is -3.36. The number of alkyl halides is 3. The number of hydrogen-bond acceptors (Lipinski definition) is 5. The Labute approximate surface area is 210 Å². The standard InChI is InChI=1S/C26H15F5N2O3S/c1-36-22-5-3-14(8-16(22)13-34)23-6-7-24(37-23)21-10-19(26(29,30)31)18(11-32)25(35)33(21)12-15-2-4-17(27)9-20(15)28/h2-10,13H,12H2,1H3. The number of carbonyl (C=O) groups excluding carboxylic acids is 1. The van der Waals surface area contributed by atoms with E-state index in [0.717, 1.165) is 28.0 Å². The number of pyridine rings is 1. The van der Waals surface area contributed by atoms with E-state index in [4.69, 9.17) is 4.74 Å². The fraction of sp³-hybridized carbons (Fsp3) is 0.115. The van der Waals surface area contributed by atoms with E-state index in [-0.39, 0.29) is 21.7 Å². The van der Waals surface area contributed by atoms with Gasteiger partial charge in [0.25, 0.3) is 5.56 Å². The molecule has 0 unspecified atom stereocenters. The van der Waals surface area contributed by atoms with Crippen LogP contribution in [0.2, 0.25) is 0 Å². The maximum Gasteiger partial charge on any atom is 0.417 e. The van der Waals surface area contributed by atoms with Crippen LogP contribution in [-0.4, -0.2) is 18.0 Å². The normalized spacial score (nSPS) is 11.3. The van der Waals surface area contributed by atoms with E-state index in [0.29, 0.717) is 34.6 Å². The van der Waals surface area contributed by atoms with Crippen molar-refractivity contribution in [3.63, 3.8) is 0 Å². The number of thiophene rings is 1. The Kier molecular flexibility index (Phi) is 6.96. The van der Waals surface area contributed by atoms with Crippen LogP contribution in [0.4, 0.5) is 22.0 Å². The summed E-state index contributed by atoms with van der Waals surface area (Å²) >= 11 is 1.02. The highest BCUT2D eigenvalue weighted by Crippen LogP contribution is 2.39. The van der Waals surface area contributed by atoms with Gasteiger partial charge in [0.05, 0.1) is 35.4 Å². The molecule has 0 saturated carbocycles. The second-order valence-electron chi connectivity index (χ2n) is 7.79. The molecule has 0 bridgehead atoms. The molecule has 0 N–H and O–H groups in total. The lowest BCUT2D eigenvalue weighted by molar-refractivity contribution is -0.137. The van der Waals surface area contributed by atoms with Gasteiger partial charge in [0.15, 0.2) is 6.29 Å². The summed E-state index contributed by atoms with van der Waals surface area (Å²) in [4.78, 5) is 25.2. The molecular formula is C26H15F5N2O3S. The number of nitriles is 1. The summed E-state index contributed by atoms with van der Waals surface area (Å²) in [6.07, 6.45) is -4.41. The third kappa shape index (κ3) is 5.01. The molecule has 0 atom stereocenters. The second kappa shape index (κ2) is 9.99. The average molecular weight is 530 g/mol. The van der Waals surface area contributed by atoms with E-state index in [1.165, 1.54) is 19.2 Å². The first-order valence-corrected chi connectivity index (χ1v) is 11.3. The Morgan fingerprint density at radius 2 is 1.78 bits per heavy atom. The maximum atomic E-state index is 14.4. The highest BCUT2D eigenvalue weighted by molar-refractivity contribution is 7.18. The Bertz CT molecular complexity index is 1620. The number of halogens is 5. The molecule has 5 nitrogen and oxygen atoms in total. The molecule has 188 valence electrons. The van der Waals surface area contributed by atoms with Gasteiger partial charge < -0.3 is 9.30 Å². The van der Waals surface area contributed by atoms with Crippen molar-refractivity contribution in [1.29, 1.82) is 5.26 Å². The minimum atomic E-state index is -5.01. The van der Waals surface area contributed by atoms with E-state index in [1.54, 1.807) is 24.3 Å². The molecular weight excluding hydrogens is 515 g/mol. The highest BCUT2D eigenvalue weighted by Gasteiger charge is 2.36. The van der Waals surface area contributed by atoms with Crippen LogP contribution in [0.1, 0.15) is 27.0 Å². The van der Waals surface area contributed by atoms with Crippen LogP contribution in [0.15, 0.2) is 59.4 Å². The molecule has 0 saturated heterocycles. The molecule has 0 aliphatic carbocycles. The van der Waals surface area contributed by atoms with E-state index < -0.39 is 41.0 Å². The quantitative estimate of drug-likeness (QED) is 0.217. The van der Waals surface area contributed by atoms with Crippen LogP contribution in [0.3, 0.4) is 0 Å². The topological polar surface area (TPSA) is 72.1 Å². The van der Waals surface area contributed by atoms with Gasteiger partial charge in [-0.3, -0.25) is 9.59 Å². The first-order valence-electron chi connectivity index (χ1n) is 10.5. The number of rotatable bonds is 6. The van der Waals surface area contributed by atoms with Crippen molar-refractivity contribution in [2.45, 2.75) is 12.7 Å². The van der Waals surface area contributed by atoms with Gasteiger partial charge in [-0.1, -0.05) is 6.07 Å². The summed E-state index contributed by atoms with van der Waals surface area (Å²) in [7, 11) is 1.40. The molecule has 11 heteroatoms. The van der Waals surface area contributed by atoms with Gasteiger partial charge in [0.1, 0.15) is 29.0 Å². The smallest absolute Gasteiger partial charge is 0.417 e. The number of hydrogen-bond donors (Lipinski definition) is 0. The molecule has 0 radical (unpaired) electrons. The number of benzene rings is 2. The molecule has 0 spiro atoms. The number of methoxy groups -OCH3 is 1. The molecule has 0 aliphatic rings. The lowest BCUT2D eigenvalue weighted by Gasteiger charge is -2.17. The van der Waals surface area contributed by atoms with Crippen molar-refractivity contribution >= 4 is 17.6 Å². The predicted molar refractivity (Wildman–Crippen MR) is 127 cm³/mol. The average Bonchev–Trinajstić information content (AvgIpc) is 3.35. The van der Waals surface area contributed by atoms with Crippen molar-refractivity contribution in [3.05, 3.63) is 98.8 Å². The van der Waals surface area contributed by atoms with Crippen LogP contribution in [0.25, 0.3) is 21.0 Å². The zero-order chi connectivity index (χ0) is 26.9. The summed E-state index contributed by atoms with van der Waals surface area (Å²) in [6.45, 7) is -0.543. The van der Waals surface area contributed by atoms with Crippen molar-refractivity contribution in [2.24, 2.45) is 0 Å². The predicted octanol–water partition coefficient (Wildman–Crippen LogP) is 6.28. The number of ether oxygens (including phenoxy) is 1. The number of carbonyl (C=O) groups is 1. The van der Waals surface area contributed by atoms with Crippen LogP contribution in [0.5, 0.6) is 5.75 Å². The van der Waals surface area contributed by atoms with E-state index >= 15 is 0 Å². The van der Waals surface area contributed by atoms with Crippen molar-refractivity contribution in [1.82, 2.24) is 4.57 Å². The summed E-state index contributed by atoms with van der Waals surface area (Å²) in [6, 6.07) is 12.4. The van der Waals surface area contributed by atoms with Crippen LogP contribution in [-0.2, 0) is 12.7 Å². The van der Waals surface area contributed by atoms with Gasteiger partial charge in [-0.15, -0.1) is 11.3 Å². The molecule has 4 aromatic rings.